The first-order valence-corrected chi connectivity index (χ1v) is 9.10. The second kappa shape index (κ2) is 10.5. The molecule has 2 N–H and O–H groups in total. The van der Waals surface area contributed by atoms with Crippen molar-refractivity contribution < 1.29 is 9.13 Å². The van der Waals surface area contributed by atoms with Gasteiger partial charge < -0.3 is 15.4 Å². The third kappa shape index (κ3) is 6.09. The van der Waals surface area contributed by atoms with Gasteiger partial charge in [0.1, 0.15) is 11.6 Å². The molecule has 0 fully saturated rings. The zero-order chi connectivity index (χ0) is 18.4. The highest BCUT2D eigenvalue weighted by molar-refractivity contribution is 14.0. The van der Waals surface area contributed by atoms with E-state index in [1.54, 1.807) is 13.1 Å². The van der Waals surface area contributed by atoms with Crippen LogP contribution in [0.15, 0.2) is 41.4 Å². The lowest BCUT2D eigenvalue weighted by molar-refractivity contribution is 0.357. The van der Waals surface area contributed by atoms with E-state index in [9.17, 15) is 4.39 Å². The lowest BCUT2D eigenvalue weighted by atomic mass is 10.1. The van der Waals surface area contributed by atoms with Crippen LogP contribution in [-0.4, -0.2) is 32.7 Å². The lowest BCUT2D eigenvalue weighted by Gasteiger charge is -2.13. The minimum atomic E-state index is -0.185. The molecule has 0 spiro atoms. The standard InChI is InChI=1S/C21H26FN3O.HI/c1-15-13-19(22)5-4-17(15)8-11-25-21(23-2)24-10-7-16-3-6-20-18(14-16)9-12-26-20;/h3-6,13-14H,7-12H2,1-2H3,(H2,23,24,25);1H. The summed E-state index contributed by atoms with van der Waals surface area (Å²) in [6, 6.07) is 11.4. The number of rotatable bonds is 6. The molecule has 3 rings (SSSR count). The molecule has 0 saturated heterocycles. The number of hydrogen-bond donors (Lipinski definition) is 2. The number of ether oxygens (including phenoxy) is 1. The predicted molar refractivity (Wildman–Crippen MR) is 119 cm³/mol. The zero-order valence-corrected chi connectivity index (χ0v) is 18.2. The summed E-state index contributed by atoms with van der Waals surface area (Å²) in [4.78, 5) is 4.26. The Labute approximate surface area is 177 Å². The first-order valence-electron chi connectivity index (χ1n) is 9.10. The van der Waals surface area contributed by atoms with E-state index in [4.69, 9.17) is 4.74 Å². The van der Waals surface area contributed by atoms with Crippen LogP contribution < -0.4 is 15.4 Å². The minimum absolute atomic E-state index is 0. The van der Waals surface area contributed by atoms with Crippen molar-refractivity contribution in [1.82, 2.24) is 10.6 Å². The van der Waals surface area contributed by atoms with Crippen molar-refractivity contribution in [1.29, 1.82) is 0 Å². The summed E-state index contributed by atoms with van der Waals surface area (Å²) >= 11 is 0. The van der Waals surface area contributed by atoms with Crippen molar-refractivity contribution in [2.75, 3.05) is 26.7 Å². The molecule has 0 bridgehead atoms. The number of halogens is 2. The summed E-state index contributed by atoms with van der Waals surface area (Å²) in [6.07, 6.45) is 2.77. The van der Waals surface area contributed by atoms with Gasteiger partial charge in [0.15, 0.2) is 5.96 Å². The van der Waals surface area contributed by atoms with Crippen LogP contribution in [0.3, 0.4) is 0 Å². The second-order valence-corrected chi connectivity index (χ2v) is 6.54. The van der Waals surface area contributed by atoms with E-state index < -0.39 is 0 Å². The molecule has 0 atom stereocenters. The first kappa shape index (κ1) is 21.5. The maximum atomic E-state index is 13.2. The Kier molecular flexibility index (Phi) is 8.34. The highest BCUT2D eigenvalue weighted by atomic mass is 127. The molecule has 146 valence electrons. The molecule has 1 heterocycles. The molecule has 1 aliphatic heterocycles. The Balaban J connectivity index is 0.00000261. The highest BCUT2D eigenvalue weighted by Crippen LogP contribution is 2.25. The van der Waals surface area contributed by atoms with E-state index in [0.29, 0.717) is 0 Å². The smallest absolute Gasteiger partial charge is 0.190 e. The Morgan fingerprint density at radius 2 is 1.89 bits per heavy atom. The molecule has 0 aliphatic carbocycles. The number of nitrogens with one attached hydrogen (secondary N) is 2. The molecule has 0 aromatic heterocycles. The summed E-state index contributed by atoms with van der Waals surface area (Å²) in [7, 11) is 1.77. The number of hydrogen-bond acceptors (Lipinski definition) is 2. The first-order chi connectivity index (χ1) is 12.7. The molecule has 0 saturated carbocycles. The maximum absolute atomic E-state index is 13.2. The molecule has 0 radical (unpaired) electrons. The largest absolute Gasteiger partial charge is 0.493 e. The van der Waals surface area contributed by atoms with Gasteiger partial charge in [-0.2, -0.15) is 0 Å². The molecule has 1 aliphatic rings. The van der Waals surface area contributed by atoms with Gasteiger partial charge in [-0.05, 0) is 60.2 Å². The number of aryl methyl sites for hydroxylation is 1. The molecule has 6 heteroatoms. The van der Waals surface area contributed by atoms with Crippen LogP contribution in [0.4, 0.5) is 4.39 Å². The molecular weight excluding hydrogens is 456 g/mol. The SMILES string of the molecule is CN=C(NCCc1ccc2c(c1)CCO2)NCCc1ccc(F)cc1C.I. The number of aliphatic imine (C=N–C) groups is 1. The van der Waals surface area contributed by atoms with Crippen LogP contribution in [0.1, 0.15) is 22.3 Å². The number of benzene rings is 2. The van der Waals surface area contributed by atoms with Crippen LogP contribution in [0.25, 0.3) is 0 Å². The van der Waals surface area contributed by atoms with Crippen molar-refractivity contribution in [3.63, 3.8) is 0 Å². The van der Waals surface area contributed by atoms with Crippen molar-refractivity contribution in [2.24, 2.45) is 4.99 Å². The Morgan fingerprint density at radius 1 is 1.11 bits per heavy atom. The molecule has 2 aromatic rings. The fourth-order valence-corrected chi connectivity index (χ4v) is 3.20. The van der Waals surface area contributed by atoms with Crippen LogP contribution in [0.5, 0.6) is 5.75 Å². The van der Waals surface area contributed by atoms with E-state index in [-0.39, 0.29) is 29.8 Å². The van der Waals surface area contributed by atoms with Crippen LogP contribution in [0.2, 0.25) is 0 Å². The normalized spacial score (nSPS) is 12.8. The van der Waals surface area contributed by atoms with Gasteiger partial charge >= 0.3 is 0 Å². The van der Waals surface area contributed by atoms with Gasteiger partial charge in [0.05, 0.1) is 6.61 Å². The summed E-state index contributed by atoms with van der Waals surface area (Å²) in [5, 5.41) is 6.66. The van der Waals surface area contributed by atoms with Gasteiger partial charge in [0.25, 0.3) is 0 Å². The van der Waals surface area contributed by atoms with E-state index in [2.05, 4.69) is 33.8 Å². The number of nitrogens with zero attached hydrogens (tertiary/aromatic N) is 1. The maximum Gasteiger partial charge on any atom is 0.190 e. The molecule has 0 amide bonds. The van der Waals surface area contributed by atoms with E-state index in [1.165, 1.54) is 17.2 Å². The average molecular weight is 483 g/mol. The highest BCUT2D eigenvalue weighted by Gasteiger charge is 2.11. The molecule has 2 aromatic carbocycles. The third-order valence-corrected chi connectivity index (χ3v) is 4.68. The van der Waals surface area contributed by atoms with Crippen molar-refractivity contribution in [2.45, 2.75) is 26.2 Å². The lowest BCUT2D eigenvalue weighted by Crippen LogP contribution is -2.39. The van der Waals surface area contributed by atoms with Crippen molar-refractivity contribution >= 4 is 29.9 Å². The summed E-state index contributed by atoms with van der Waals surface area (Å²) in [6.45, 7) is 4.30. The van der Waals surface area contributed by atoms with Gasteiger partial charge in [-0.15, -0.1) is 24.0 Å². The Bertz CT molecular complexity index is 795. The van der Waals surface area contributed by atoms with Gasteiger partial charge in [-0.25, -0.2) is 4.39 Å². The fraction of sp³-hybridized carbons (Fsp3) is 0.381. The minimum Gasteiger partial charge on any atom is -0.493 e. The summed E-state index contributed by atoms with van der Waals surface area (Å²) < 4.78 is 18.7. The van der Waals surface area contributed by atoms with Crippen LogP contribution in [0, 0.1) is 12.7 Å². The number of fused-ring (bicyclic) bond motifs is 1. The summed E-state index contributed by atoms with van der Waals surface area (Å²) in [5.74, 6) is 1.62. The monoisotopic (exact) mass is 483 g/mol. The molecule has 4 nitrogen and oxygen atoms in total. The Morgan fingerprint density at radius 3 is 2.63 bits per heavy atom. The van der Waals surface area contributed by atoms with Gasteiger partial charge in [-0.3, -0.25) is 4.99 Å². The molecule has 27 heavy (non-hydrogen) atoms. The molecule has 0 unspecified atom stereocenters. The third-order valence-electron chi connectivity index (χ3n) is 4.68. The van der Waals surface area contributed by atoms with E-state index in [0.717, 1.165) is 61.8 Å². The van der Waals surface area contributed by atoms with Gasteiger partial charge in [-0.1, -0.05) is 18.2 Å². The van der Waals surface area contributed by atoms with Crippen LogP contribution >= 0.6 is 24.0 Å². The second-order valence-electron chi connectivity index (χ2n) is 6.54. The van der Waals surface area contributed by atoms with Crippen molar-refractivity contribution in [3.05, 3.63) is 64.5 Å². The van der Waals surface area contributed by atoms with Gasteiger partial charge in [0.2, 0.25) is 0 Å². The Hall–Kier alpha value is -1.83. The fourth-order valence-electron chi connectivity index (χ4n) is 3.20. The zero-order valence-electron chi connectivity index (χ0n) is 15.8. The van der Waals surface area contributed by atoms with E-state index >= 15 is 0 Å². The molecular formula is C21H27FIN3O. The predicted octanol–water partition coefficient (Wildman–Crippen LogP) is 3.64. The van der Waals surface area contributed by atoms with E-state index in [1.807, 2.05) is 13.0 Å². The summed E-state index contributed by atoms with van der Waals surface area (Å²) in [5.41, 5.74) is 4.74. The quantitative estimate of drug-likeness (QED) is 0.375. The van der Waals surface area contributed by atoms with Crippen LogP contribution in [-0.2, 0) is 19.3 Å². The number of guanidine groups is 1. The average Bonchev–Trinajstić information content (AvgIpc) is 3.10. The topological polar surface area (TPSA) is 45.7 Å². The van der Waals surface area contributed by atoms with Gasteiger partial charge in [0, 0.05) is 26.6 Å². The van der Waals surface area contributed by atoms with Crippen molar-refractivity contribution in [3.8, 4) is 5.75 Å².